The molecule has 0 N–H and O–H groups in total. The van der Waals surface area contributed by atoms with Crippen LogP contribution in [0, 0.1) is 5.82 Å². The van der Waals surface area contributed by atoms with Gasteiger partial charge < -0.3 is 13.9 Å². The van der Waals surface area contributed by atoms with Crippen LogP contribution in [0.15, 0.2) is 52.9 Å². The number of fused-ring (bicyclic) bond motifs is 1. The van der Waals surface area contributed by atoms with E-state index in [1.165, 1.54) is 12.1 Å². The molecule has 4 heteroatoms. The third-order valence-electron chi connectivity index (χ3n) is 2.97. The molecule has 0 aliphatic heterocycles. The first-order valence-corrected chi connectivity index (χ1v) is 6.20. The molecule has 0 atom stereocenters. The normalized spacial score (nSPS) is 10.7. The van der Waals surface area contributed by atoms with Crippen molar-refractivity contribution in [3.05, 3.63) is 60.1 Å². The van der Waals surface area contributed by atoms with Crippen molar-refractivity contribution in [2.24, 2.45) is 0 Å². The lowest BCUT2D eigenvalue weighted by Gasteiger charge is -2.08. The monoisotopic (exact) mass is 272 g/mol. The average Bonchev–Trinajstić information content (AvgIpc) is 2.87. The topological polar surface area (TPSA) is 31.6 Å². The molecule has 3 nitrogen and oxygen atoms in total. The highest BCUT2D eigenvalue weighted by molar-refractivity contribution is 5.77. The Morgan fingerprint density at radius 3 is 2.65 bits per heavy atom. The van der Waals surface area contributed by atoms with Crippen molar-refractivity contribution in [2.75, 3.05) is 7.11 Å². The van der Waals surface area contributed by atoms with E-state index in [1.54, 1.807) is 19.2 Å². The molecule has 0 unspecified atom stereocenters. The molecule has 2 aromatic carbocycles. The lowest BCUT2D eigenvalue weighted by molar-refractivity contribution is 0.259. The fraction of sp³-hybridized carbons (Fsp3) is 0.125. The maximum absolute atomic E-state index is 13.1. The molecule has 1 heterocycles. The number of hydrogen-bond acceptors (Lipinski definition) is 3. The molecule has 0 radical (unpaired) electrons. The largest absolute Gasteiger partial charge is 0.493 e. The maximum atomic E-state index is 13.1. The minimum atomic E-state index is -0.282. The number of rotatable bonds is 4. The summed E-state index contributed by atoms with van der Waals surface area (Å²) in [6.07, 6.45) is 0. The zero-order valence-electron chi connectivity index (χ0n) is 10.9. The number of hydrogen-bond donors (Lipinski definition) is 0. The van der Waals surface area contributed by atoms with Crippen molar-refractivity contribution in [3.8, 4) is 11.5 Å². The van der Waals surface area contributed by atoms with Crippen LogP contribution in [0.3, 0.4) is 0 Å². The molecule has 3 rings (SSSR count). The summed E-state index contributed by atoms with van der Waals surface area (Å²) in [5.74, 6) is 1.66. The Hall–Kier alpha value is -2.49. The maximum Gasteiger partial charge on any atom is 0.161 e. The molecule has 3 aromatic rings. The third-order valence-corrected chi connectivity index (χ3v) is 2.97. The Morgan fingerprint density at radius 2 is 1.85 bits per heavy atom. The molecular weight excluding hydrogens is 259 g/mol. The second-order valence-electron chi connectivity index (χ2n) is 4.33. The summed E-state index contributed by atoms with van der Waals surface area (Å²) >= 11 is 0. The van der Waals surface area contributed by atoms with Gasteiger partial charge in [0.05, 0.1) is 7.11 Å². The van der Waals surface area contributed by atoms with Crippen LogP contribution < -0.4 is 9.47 Å². The van der Waals surface area contributed by atoms with Gasteiger partial charge in [-0.2, -0.15) is 0 Å². The van der Waals surface area contributed by atoms with Crippen molar-refractivity contribution < 1.29 is 18.3 Å². The minimum Gasteiger partial charge on any atom is -0.493 e. The Bertz CT molecular complexity index is 733. The van der Waals surface area contributed by atoms with Crippen molar-refractivity contribution in [3.63, 3.8) is 0 Å². The van der Waals surface area contributed by atoms with E-state index < -0.39 is 0 Å². The lowest BCUT2D eigenvalue weighted by atomic mass is 10.2. The van der Waals surface area contributed by atoms with Gasteiger partial charge >= 0.3 is 0 Å². The van der Waals surface area contributed by atoms with E-state index in [1.807, 2.05) is 24.3 Å². The first-order chi connectivity index (χ1) is 9.76. The van der Waals surface area contributed by atoms with Gasteiger partial charge in [-0.3, -0.25) is 0 Å². The number of methoxy groups -OCH3 is 1. The molecule has 1 aromatic heterocycles. The summed E-state index contributed by atoms with van der Waals surface area (Å²) in [4.78, 5) is 0. The average molecular weight is 272 g/mol. The summed E-state index contributed by atoms with van der Waals surface area (Å²) in [6.45, 7) is 0.261. The van der Waals surface area contributed by atoms with E-state index in [2.05, 4.69) is 0 Å². The van der Waals surface area contributed by atoms with Gasteiger partial charge in [-0.15, -0.1) is 0 Å². The highest BCUT2D eigenvalue weighted by atomic mass is 19.1. The molecule has 0 saturated heterocycles. The zero-order chi connectivity index (χ0) is 13.9. The van der Waals surface area contributed by atoms with Crippen LogP contribution in [0.25, 0.3) is 11.0 Å². The summed E-state index contributed by atoms with van der Waals surface area (Å²) in [7, 11) is 1.59. The fourth-order valence-corrected chi connectivity index (χ4v) is 2.03. The van der Waals surface area contributed by atoms with Gasteiger partial charge in [-0.25, -0.2) is 4.39 Å². The summed E-state index contributed by atoms with van der Waals surface area (Å²) in [5, 5.41) is 0.726. The minimum absolute atomic E-state index is 0.261. The van der Waals surface area contributed by atoms with E-state index in [0.29, 0.717) is 22.8 Å². The number of ether oxygens (including phenoxy) is 2. The molecule has 0 saturated carbocycles. The fourth-order valence-electron chi connectivity index (χ4n) is 2.03. The number of para-hydroxylation sites is 2. The number of furan rings is 1. The van der Waals surface area contributed by atoms with Crippen LogP contribution >= 0.6 is 0 Å². The molecule has 0 aliphatic carbocycles. The van der Waals surface area contributed by atoms with Crippen LogP contribution in [0.2, 0.25) is 0 Å². The Kier molecular flexibility index (Phi) is 3.29. The molecule has 0 aliphatic rings. The van der Waals surface area contributed by atoms with Crippen LogP contribution in [0.1, 0.15) is 5.76 Å². The van der Waals surface area contributed by atoms with Gasteiger partial charge in [-0.1, -0.05) is 12.1 Å². The molecule has 0 bridgehead atoms. The van der Waals surface area contributed by atoms with E-state index in [9.17, 15) is 4.39 Å². The summed E-state index contributed by atoms with van der Waals surface area (Å²) in [6, 6.07) is 13.6. The molecule has 20 heavy (non-hydrogen) atoms. The Balaban J connectivity index is 1.79. The van der Waals surface area contributed by atoms with Gasteiger partial charge in [0.15, 0.2) is 11.5 Å². The number of halogens is 1. The molecular formula is C16H13FO3. The zero-order valence-corrected chi connectivity index (χ0v) is 10.9. The highest BCUT2D eigenvalue weighted by Crippen LogP contribution is 2.27. The second-order valence-corrected chi connectivity index (χ2v) is 4.33. The second kappa shape index (κ2) is 5.25. The lowest BCUT2D eigenvalue weighted by Crippen LogP contribution is -1.96. The van der Waals surface area contributed by atoms with Crippen molar-refractivity contribution in [2.45, 2.75) is 6.61 Å². The van der Waals surface area contributed by atoms with Crippen LogP contribution in [-0.2, 0) is 6.61 Å². The van der Waals surface area contributed by atoms with Crippen molar-refractivity contribution in [1.82, 2.24) is 0 Å². The summed E-state index contributed by atoms with van der Waals surface area (Å²) < 4.78 is 29.6. The van der Waals surface area contributed by atoms with Crippen LogP contribution in [-0.4, -0.2) is 7.11 Å². The van der Waals surface area contributed by atoms with Gasteiger partial charge in [0, 0.05) is 5.39 Å². The number of benzene rings is 2. The van der Waals surface area contributed by atoms with E-state index in [4.69, 9.17) is 13.9 Å². The first-order valence-electron chi connectivity index (χ1n) is 6.20. The van der Waals surface area contributed by atoms with Crippen molar-refractivity contribution in [1.29, 1.82) is 0 Å². The molecule has 0 amide bonds. The Labute approximate surface area is 115 Å². The van der Waals surface area contributed by atoms with Gasteiger partial charge in [0.1, 0.15) is 23.8 Å². The van der Waals surface area contributed by atoms with Crippen LogP contribution in [0.5, 0.6) is 11.5 Å². The third kappa shape index (κ3) is 2.45. The van der Waals surface area contributed by atoms with Gasteiger partial charge in [0.2, 0.25) is 0 Å². The smallest absolute Gasteiger partial charge is 0.161 e. The predicted octanol–water partition coefficient (Wildman–Crippen LogP) is 4.16. The quantitative estimate of drug-likeness (QED) is 0.714. The van der Waals surface area contributed by atoms with E-state index >= 15 is 0 Å². The Morgan fingerprint density at radius 1 is 1.05 bits per heavy atom. The van der Waals surface area contributed by atoms with E-state index in [0.717, 1.165) is 5.39 Å². The molecule has 0 spiro atoms. The molecule has 0 fully saturated rings. The van der Waals surface area contributed by atoms with Crippen molar-refractivity contribution >= 4 is 11.0 Å². The molecule has 102 valence electrons. The first kappa shape index (κ1) is 12.5. The van der Waals surface area contributed by atoms with Crippen LogP contribution in [0.4, 0.5) is 4.39 Å². The van der Waals surface area contributed by atoms with Gasteiger partial charge in [0.25, 0.3) is 0 Å². The SMILES string of the molecule is COc1ccccc1OCc1cc2cc(F)ccc2o1. The van der Waals surface area contributed by atoms with Gasteiger partial charge in [-0.05, 0) is 36.4 Å². The van der Waals surface area contributed by atoms with E-state index in [-0.39, 0.29) is 12.4 Å². The highest BCUT2D eigenvalue weighted by Gasteiger charge is 2.07. The predicted molar refractivity (Wildman–Crippen MR) is 73.5 cm³/mol. The standard InChI is InChI=1S/C16H13FO3/c1-18-15-4-2-3-5-16(15)19-10-13-9-11-8-12(17)6-7-14(11)20-13/h2-9H,10H2,1H3. The summed E-state index contributed by atoms with van der Waals surface area (Å²) in [5.41, 5.74) is 0.644.